The molecule has 0 aromatic heterocycles. The smallest absolute Gasteiger partial charge is 0.0412 e. The topological polar surface area (TPSA) is 0 Å². The Kier molecular flexibility index (Phi) is 5.39. The summed E-state index contributed by atoms with van der Waals surface area (Å²) in [4.78, 5) is 0. The lowest BCUT2D eigenvalue weighted by atomic mass is 9.91. The fraction of sp³-hybridized carbons (Fsp3) is 0. The standard InChI is InChI=1S/C30H21Cl/c31-24-17-20-29-27(18-15-22-9-3-1-4-10-22)25-13-7-8-14-26(25)28(30(29)21-24)19-16-23-11-5-2-6-12-23/h1-21H. The van der Waals surface area contributed by atoms with Crippen molar-refractivity contribution in [3.8, 4) is 0 Å². The van der Waals surface area contributed by atoms with Crippen LogP contribution < -0.4 is 0 Å². The molecule has 0 fully saturated rings. The maximum Gasteiger partial charge on any atom is 0.0412 e. The van der Waals surface area contributed by atoms with E-state index in [0.717, 1.165) is 10.4 Å². The van der Waals surface area contributed by atoms with E-state index in [0.29, 0.717) is 0 Å². The second-order valence-electron chi connectivity index (χ2n) is 7.55. The van der Waals surface area contributed by atoms with Crippen molar-refractivity contribution in [1.29, 1.82) is 0 Å². The van der Waals surface area contributed by atoms with E-state index < -0.39 is 0 Å². The number of hydrogen-bond acceptors (Lipinski definition) is 0. The van der Waals surface area contributed by atoms with Crippen molar-refractivity contribution in [3.05, 3.63) is 130 Å². The van der Waals surface area contributed by atoms with Gasteiger partial charge in [-0.15, -0.1) is 0 Å². The van der Waals surface area contributed by atoms with Crippen molar-refractivity contribution in [3.63, 3.8) is 0 Å². The molecular formula is C30H21Cl. The first kappa shape index (κ1) is 19.4. The Morgan fingerprint density at radius 1 is 0.419 bits per heavy atom. The molecule has 5 aromatic rings. The lowest BCUT2D eigenvalue weighted by molar-refractivity contribution is 1.66. The zero-order valence-corrected chi connectivity index (χ0v) is 17.8. The Morgan fingerprint density at radius 2 is 0.871 bits per heavy atom. The molecule has 0 bridgehead atoms. The van der Waals surface area contributed by atoms with Crippen LogP contribution in [0.25, 0.3) is 45.8 Å². The summed E-state index contributed by atoms with van der Waals surface area (Å²) in [7, 11) is 0. The summed E-state index contributed by atoms with van der Waals surface area (Å²) in [6, 6.07) is 35.6. The summed E-state index contributed by atoms with van der Waals surface area (Å²) >= 11 is 6.44. The van der Waals surface area contributed by atoms with Crippen molar-refractivity contribution in [1.82, 2.24) is 0 Å². The maximum absolute atomic E-state index is 6.44. The van der Waals surface area contributed by atoms with E-state index in [1.165, 1.54) is 38.4 Å². The number of fused-ring (bicyclic) bond motifs is 2. The van der Waals surface area contributed by atoms with Crippen LogP contribution in [0.15, 0.2) is 103 Å². The summed E-state index contributed by atoms with van der Waals surface area (Å²) in [5, 5.41) is 5.55. The van der Waals surface area contributed by atoms with Gasteiger partial charge in [0.1, 0.15) is 0 Å². The molecule has 0 heterocycles. The number of rotatable bonds is 4. The molecule has 0 radical (unpaired) electrons. The van der Waals surface area contributed by atoms with E-state index >= 15 is 0 Å². The first-order valence-corrected chi connectivity index (χ1v) is 10.8. The monoisotopic (exact) mass is 416 g/mol. The normalized spacial score (nSPS) is 11.8. The third-order valence-electron chi connectivity index (χ3n) is 5.55. The van der Waals surface area contributed by atoms with E-state index in [4.69, 9.17) is 11.6 Å². The summed E-state index contributed by atoms with van der Waals surface area (Å²) in [5.41, 5.74) is 4.76. The van der Waals surface area contributed by atoms with Crippen LogP contribution >= 0.6 is 11.6 Å². The highest BCUT2D eigenvalue weighted by Crippen LogP contribution is 2.36. The van der Waals surface area contributed by atoms with Crippen molar-refractivity contribution < 1.29 is 0 Å². The molecule has 0 N–H and O–H groups in total. The van der Waals surface area contributed by atoms with Crippen molar-refractivity contribution in [2.45, 2.75) is 0 Å². The molecule has 0 saturated heterocycles. The molecule has 5 rings (SSSR count). The number of halogens is 1. The maximum atomic E-state index is 6.44. The van der Waals surface area contributed by atoms with Crippen LogP contribution in [0.4, 0.5) is 0 Å². The SMILES string of the molecule is Clc1ccc2c(C=Cc3ccccc3)c3ccccc3c(C=Cc3ccccc3)c2c1. The van der Waals surface area contributed by atoms with E-state index in [2.05, 4.69) is 109 Å². The van der Waals surface area contributed by atoms with Gasteiger partial charge in [-0.3, -0.25) is 0 Å². The van der Waals surface area contributed by atoms with Gasteiger partial charge in [0.05, 0.1) is 0 Å². The number of hydrogen-bond donors (Lipinski definition) is 0. The average Bonchev–Trinajstić information content (AvgIpc) is 2.82. The van der Waals surface area contributed by atoms with Gasteiger partial charge in [0, 0.05) is 5.02 Å². The lowest BCUT2D eigenvalue weighted by Crippen LogP contribution is -1.89. The van der Waals surface area contributed by atoms with Gasteiger partial charge >= 0.3 is 0 Å². The van der Waals surface area contributed by atoms with Gasteiger partial charge in [-0.1, -0.05) is 127 Å². The predicted molar refractivity (Wildman–Crippen MR) is 137 cm³/mol. The molecule has 0 nitrogen and oxygen atoms in total. The largest absolute Gasteiger partial charge is 0.0843 e. The summed E-state index contributed by atoms with van der Waals surface area (Å²) in [5.74, 6) is 0. The highest BCUT2D eigenvalue weighted by atomic mass is 35.5. The third-order valence-corrected chi connectivity index (χ3v) is 5.79. The van der Waals surface area contributed by atoms with Gasteiger partial charge in [-0.05, 0) is 55.9 Å². The van der Waals surface area contributed by atoms with Crippen molar-refractivity contribution >= 4 is 57.4 Å². The molecule has 0 atom stereocenters. The molecule has 5 aromatic carbocycles. The van der Waals surface area contributed by atoms with Gasteiger partial charge in [0.25, 0.3) is 0 Å². The summed E-state index contributed by atoms with van der Waals surface area (Å²) in [6.45, 7) is 0. The van der Waals surface area contributed by atoms with Crippen LogP contribution in [-0.4, -0.2) is 0 Å². The highest BCUT2D eigenvalue weighted by Gasteiger charge is 2.11. The quantitative estimate of drug-likeness (QED) is 0.202. The Balaban J connectivity index is 1.77. The van der Waals surface area contributed by atoms with E-state index in [9.17, 15) is 0 Å². The molecule has 1 heteroatoms. The molecule has 0 unspecified atom stereocenters. The molecule has 0 saturated carbocycles. The first-order chi connectivity index (χ1) is 15.3. The first-order valence-electron chi connectivity index (χ1n) is 10.4. The van der Waals surface area contributed by atoms with Gasteiger partial charge in [0.15, 0.2) is 0 Å². The van der Waals surface area contributed by atoms with Crippen LogP contribution in [0.5, 0.6) is 0 Å². The predicted octanol–water partition coefficient (Wildman–Crippen LogP) is 8.99. The van der Waals surface area contributed by atoms with Gasteiger partial charge in [-0.2, -0.15) is 0 Å². The Bertz CT molecular complexity index is 1410. The van der Waals surface area contributed by atoms with Crippen LogP contribution in [0.2, 0.25) is 5.02 Å². The van der Waals surface area contributed by atoms with Gasteiger partial charge in [0.2, 0.25) is 0 Å². The van der Waals surface area contributed by atoms with Gasteiger partial charge < -0.3 is 0 Å². The molecule has 0 spiro atoms. The van der Waals surface area contributed by atoms with Crippen LogP contribution in [-0.2, 0) is 0 Å². The minimum Gasteiger partial charge on any atom is -0.0843 e. The summed E-state index contributed by atoms with van der Waals surface area (Å²) in [6.07, 6.45) is 8.77. The molecule has 148 valence electrons. The fourth-order valence-corrected chi connectivity index (χ4v) is 4.24. The Labute approximate surface area is 187 Å². The van der Waals surface area contributed by atoms with E-state index in [1.54, 1.807) is 0 Å². The Morgan fingerprint density at radius 3 is 1.42 bits per heavy atom. The molecular weight excluding hydrogens is 396 g/mol. The lowest BCUT2D eigenvalue weighted by Gasteiger charge is -2.13. The zero-order valence-electron chi connectivity index (χ0n) is 17.0. The second kappa shape index (κ2) is 8.63. The number of benzene rings is 5. The van der Waals surface area contributed by atoms with E-state index in [-0.39, 0.29) is 0 Å². The molecule has 0 aliphatic rings. The molecule has 0 amide bonds. The summed E-state index contributed by atoms with van der Waals surface area (Å²) < 4.78 is 0. The molecule has 0 aliphatic heterocycles. The van der Waals surface area contributed by atoms with Crippen LogP contribution in [0.1, 0.15) is 22.3 Å². The van der Waals surface area contributed by atoms with Crippen LogP contribution in [0, 0.1) is 0 Å². The van der Waals surface area contributed by atoms with Crippen molar-refractivity contribution in [2.75, 3.05) is 0 Å². The minimum absolute atomic E-state index is 0.745. The minimum atomic E-state index is 0.745. The second-order valence-corrected chi connectivity index (χ2v) is 7.99. The Hall–Kier alpha value is -3.61. The van der Waals surface area contributed by atoms with E-state index in [1.807, 2.05) is 18.2 Å². The highest BCUT2D eigenvalue weighted by molar-refractivity contribution is 6.32. The van der Waals surface area contributed by atoms with Crippen LogP contribution in [0.3, 0.4) is 0 Å². The van der Waals surface area contributed by atoms with Gasteiger partial charge in [-0.25, -0.2) is 0 Å². The molecule has 31 heavy (non-hydrogen) atoms. The van der Waals surface area contributed by atoms with Crippen molar-refractivity contribution in [2.24, 2.45) is 0 Å². The average molecular weight is 417 g/mol. The zero-order chi connectivity index (χ0) is 21.0. The third kappa shape index (κ3) is 4.03. The fourth-order valence-electron chi connectivity index (χ4n) is 4.06. The molecule has 0 aliphatic carbocycles.